The molecule has 0 spiro atoms. The van der Waals surface area contributed by atoms with E-state index < -0.39 is 17.2 Å². The maximum Gasteiger partial charge on any atom is 0.318 e. The molecule has 3 aromatic rings. The molecular weight excluding hydrogens is 379 g/mol. The Morgan fingerprint density at radius 1 is 1.18 bits per heavy atom. The number of halogens is 1. The van der Waals surface area contributed by atoms with Crippen LogP contribution in [0, 0.1) is 5.82 Å². The van der Waals surface area contributed by atoms with Gasteiger partial charge in [-0.25, -0.2) is 14.2 Å². The summed E-state index contributed by atoms with van der Waals surface area (Å²) >= 11 is 1.22. The molecule has 8 heteroatoms. The molecular formula is C20H19FN4O2S. The van der Waals surface area contributed by atoms with Crippen molar-refractivity contribution in [3.8, 4) is 11.3 Å². The Hall–Kier alpha value is -3.13. The van der Waals surface area contributed by atoms with Gasteiger partial charge >= 0.3 is 6.03 Å². The largest absolute Gasteiger partial charge is 0.351 e. The maximum atomic E-state index is 13.3. The number of hydrogen-bond acceptors (Lipinski definition) is 4. The van der Waals surface area contributed by atoms with Crippen molar-refractivity contribution in [2.75, 3.05) is 0 Å². The zero-order chi connectivity index (χ0) is 20.1. The lowest BCUT2D eigenvalue weighted by molar-refractivity contribution is -0.119. The third-order valence-corrected chi connectivity index (χ3v) is 5.14. The zero-order valence-electron chi connectivity index (χ0n) is 15.1. The topological polar surface area (TPSA) is 90.0 Å². The molecule has 1 atom stereocenters. The average Bonchev–Trinajstić information content (AvgIpc) is 3.05. The van der Waals surface area contributed by atoms with E-state index in [4.69, 9.17) is 5.73 Å². The third kappa shape index (κ3) is 4.77. The van der Waals surface area contributed by atoms with E-state index in [1.54, 1.807) is 25.3 Å². The quantitative estimate of drug-likeness (QED) is 0.623. The van der Waals surface area contributed by atoms with Crippen molar-refractivity contribution in [3.05, 3.63) is 72.2 Å². The average molecular weight is 398 g/mol. The predicted octanol–water partition coefficient (Wildman–Crippen LogP) is 3.41. The maximum absolute atomic E-state index is 13.3. The molecule has 1 heterocycles. The van der Waals surface area contributed by atoms with E-state index in [0.29, 0.717) is 11.7 Å². The van der Waals surface area contributed by atoms with Crippen molar-refractivity contribution in [1.29, 1.82) is 0 Å². The second-order valence-electron chi connectivity index (χ2n) is 6.12. The number of primary amides is 1. The van der Waals surface area contributed by atoms with Gasteiger partial charge in [-0.05, 0) is 42.3 Å². The number of thioether (sulfide) groups is 1. The number of imide groups is 1. The van der Waals surface area contributed by atoms with Gasteiger partial charge in [0.2, 0.25) is 5.91 Å². The molecule has 0 aliphatic heterocycles. The van der Waals surface area contributed by atoms with Gasteiger partial charge in [-0.2, -0.15) is 0 Å². The molecule has 0 bridgehead atoms. The SMILES string of the molecule is CC(Sc1ncc(-c2ccc(F)cc2)n1Cc1ccccc1)C(=O)NC(N)=O. The monoisotopic (exact) mass is 398 g/mol. The van der Waals surface area contributed by atoms with Crippen molar-refractivity contribution >= 4 is 23.7 Å². The van der Waals surface area contributed by atoms with Crippen LogP contribution in [0.2, 0.25) is 0 Å². The Morgan fingerprint density at radius 3 is 2.50 bits per heavy atom. The third-order valence-electron chi connectivity index (χ3n) is 4.04. The summed E-state index contributed by atoms with van der Waals surface area (Å²) in [6.45, 7) is 2.20. The van der Waals surface area contributed by atoms with Crippen LogP contribution in [-0.2, 0) is 11.3 Å². The molecule has 0 saturated carbocycles. The lowest BCUT2D eigenvalue weighted by Crippen LogP contribution is -2.39. The Morgan fingerprint density at radius 2 is 1.86 bits per heavy atom. The highest BCUT2D eigenvalue weighted by Gasteiger charge is 2.20. The summed E-state index contributed by atoms with van der Waals surface area (Å²) in [5.74, 6) is -0.806. The van der Waals surface area contributed by atoms with Crippen LogP contribution < -0.4 is 11.1 Å². The molecule has 1 aromatic heterocycles. The van der Waals surface area contributed by atoms with Crippen molar-refractivity contribution in [1.82, 2.24) is 14.9 Å². The van der Waals surface area contributed by atoms with Gasteiger partial charge < -0.3 is 10.3 Å². The van der Waals surface area contributed by atoms with Crippen LogP contribution in [0.5, 0.6) is 0 Å². The summed E-state index contributed by atoms with van der Waals surface area (Å²) in [7, 11) is 0. The Kier molecular flexibility index (Phi) is 6.10. The fourth-order valence-corrected chi connectivity index (χ4v) is 3.54. The van der Waals surface area contributed by atoms with Crippen LogP contribution in [-0.4, -0.2) is 26.7 Å². The number of imidazole rings is 1. The van der Waals surface area contributed by atoms with Gasteiger partial charge in [0.05, 0.1) is 23.7 Å². The first kappa shape index (κ1) is 19.6. The van der Waals surface area contributed by atoms with Crippen molar-refractivity contribution in [2.45, 2.75) is 23.9 Å². The standard InChI is InChI=1S/C20H19FN4O2S/c1-13(18(26)24-19(22)27)28-20-23-11-17(15-7-9-16(21)10-8-15)25(20)12-14-5-3-2-4-6-14/h2-11,13H,12H2,1H3,(H3,22,24,26,27). The van der Waals surface area contributed by atoms with Crippen LogP contribution in [0.3, 0.4) is 0 Å². The molecule has 3 rings (SSSR count). The summed E-state index contributed by atoms with van der Waals surface area (Å²) < 4.78 is 15.3. The first-order valence-electron chi connectivity index (χ1n) is 8.56. The summed E-state index contributed by atoms with van der Waals surface area (Å²) in [5.41, 5.74) is 7.68. The smallest absolute Gasteiger partial charge is 0.318 e. The minimum absolute atomic E-state index is 0.316. The summed E-state index contributed by atoms with van der Waals surface area (Å²) in [5, 5.41) is 2.11. The van der Waals surface area contributed by atoms with Crippen molar-refractivity contribution in [2.24, 2.45) is 5.73 Å². The molecule has 144 valence electrons. The van der Waals surface area contributed by atoms with Crippen molar-refractivity contribution < 1.29 is 14.0 Å². The number of nitrogens with one attached hydrogen (secondary N) is 1. The van der Waals surface area contributed by atoms with Crippen LogP contribution in [0.15, 0.2) is 66.0 Å². The molecule has 3 N–H and O–H groups in total. The molecule has 0 saturated heterocycles. The number of benzene rings is 2. The van der Waals surface area contributed by atoms with E-state index in [-0.39, 0.29) is 5.82 Å². The van der Waals surface area contributed by atoms with Gasteiger partial charge in [0.1, 0.15) is 5.82 Å². The van der Waals surface area contributed by atoms with Gasteiger partial charge in [-0.15, -0.1) is 0 Å². The fraction of sp³-hybridized carbons (Fsp3) is 0.150. The first-order valence-corrected chi connectivity index (χ1v) is 9.44. The van der Waals surface area contributed by atoms with Gasteiger partial charge in [0, 0.05) is 0 Å². The number of urea groups is 1. The van der Waals surface area contributed by atoms with E-state index in [9.17, 15) is 14.0 Å². The molecule has 3 amide bonds. The molecule has 0 aliphatic carbocycles. The highest BCUT2D eigenvalue weighted by atomic mass is 32.2. The number of amides is 3. The van der Waals surface area contributed by atoms with E-state index in [1.807, 2.05) is 34.9 Å². The predicted molar refractivity (Wildman–Crippen MR) is 106 cm³/mol. The van der Waals surface area contributed by atoms with Gasteiger partial charge in [-0.1, -0.05) is 42.1 Å². The highest BCUT2D eigenvalue weighted by molar-refractivity contribution is 8.00. The van der Waals surface area contributed by atoms with E-state index in [1.165, 1.54) is 23.9 Å². The fourth-order valence-electron chi connectivity index (χ4n) is 2.66. The van der Waals surface area contributed by atoms with Gasteiger partial charge in [0.15, 0.2) is 5.16 Å². The molecule has 6 nitrogen and oxygen atoms in total. The molecule has 2 aromatic carbocycles. The number of aromatic nitrogens is 2. The summed E-state index contributed by atoms with van der Waals surface area (Å²) in [6.07, 6.45) is 1.69. The first-order chi connectivity index (χ1) is 13.4. The number of nitrogens with two attached hydrogens (primary N) is 1. The van der Waals surface area contributed by atoms with Gasteiger partial charge in [0.25, 0.3) is 0 Å². The molecule has 0 aliphatic rings. The number of nitrogens with zero attached hydrogens (tertiary/aromatic N) is 2. The highest BCUT2D eigenvalue weighted by Crippen LogP contribution is 2.29. The van der Waals surface area contributed by atoms with Crippen LogP contribution in [0.25, 0.3) is 11.3 Å². The van der Waals surface area contributed by atoms with Crippen LogP contribution in [0.4, 0.5) is 9.18 Å². The Labute approximate surface area is 166 Å². The van der Waals surface area contributed by atoms with E-state index >= 15 is 0 Å². The molecule has 28 heavy (non-hydrogen) atoms. The second-order valence-corrected chi connectivity index (χ2v) is 7.43. The number of rotatable bonds is 6. The number of carbonyl (C=O) groups is 2. The summed E-state index contributed by atoms with van der Waals surface area (Å²) in [4.78, 5) is 27.4. The number of carbonyl (C=O) groups excluding carboxylic acids is 2. The normalized spacial score (nSPS) is 11.8. The minimum atomic E-state index is -0.892. The van der Waals surface area contributed by atoms with Crippen LogP contribution >= 0.6 is 11.8 Å². The lowest BCUT2D eigenvalue weighted by Gasteiger charge is -2.14. The Bertz CT molecular complexity index is 974. The molecule has 0 radical (unpaired) electrons. The minimum Gasteiger partial charge on any atom is -0.351 e. The van der Waals surface area contributed by atoms with Crippen LogP contribution in [0.1, 0.15) is 12.5 Å². The van der Waals surface area contributed by atoms with E-state index in [2.05, 4.69) is 10.3 Å². The van der Waals surface area contributed by atoms with Gasteiger partial charge in [-0.3, -0.25) is 10.1 Å². The number of hydrogen-bond donors (Lipinski definition) is 2. The zero-order valence-corrected chi connectivity index (χ0v) is 15.9. The second kappa shape index (κ2) is 8.71. The lowest BCUT2D eigenvalue weighted by atomic mass is 10.1. The Balaban J connectivity index is 1.94. The molecule has 1 unspecified atom stereocenters. The molecule has 0 fully saturated rings. The van der Waals surface area contributed by atoms with E-state index in [0.717, 1.165) is 16.8 Å². The van der Waals surface area contributed by atoms with Crippen molar-refractivity contribution in [3.63, 3.8) is 0 Å². The summed E-state index contributed by atoms with van der Waals surface area (Å²) in [6, 6.07) is 15.1.